The third-order valence-corrected chi connectivity index (χ3v) is 8.01. The highest BCUT2D eigenvalue weighted by Gasteiger charge is 2.48. The van der Waals surface area contributed by atoms with Crippen LogP contribution in [-0.4, -0.2) is 81.4 Å². The van der Waals surface area contributed by atoms with Gasteiger partial charge in [0.05, 0.1) is 12.1 Å². The van der Waals surface area contributed by atoms with E-state index in [4.69, 9.17) is 18.3 Å². The molecule has 3 heterocycles. The average Bonchev–Trinajstić information content (AvgIpc) is 3.48. The lowest BCUT2D eigenvalue weighted by Gasteiger charge is -2.45. The van der Waals surface area contributed by atoms with Crippen LogP contribution in [0, 0.1) is 18.8 Å². The molecule has 8 unspecified atom stereocenters. The molecule has 8 atom stereocenters. The van der Waals surface area contributed by atoms with Gasteiger partial charge in [0, 0.05) is 6.54 Å². The largest absolute Gasteiger partial charge is 0.519 e. The maximum Gasteiger partial charge on any atom is 0.519 e. The molecule has 0 spiro atoms. The normalized spacial score (nSPS) is 29.5. The number of amides is 2. The van der Waals surface area contributed by atoms with Crippen molar-refractivity contribution in [3.8, 4) is 0 Å². The number of aliphatic hydroxyl groups excluding tert-OH is 3. The van der Waals surface area contributed by atoms with Crippen LogP contribution in [0.3, 0.4) is 0 Å². The van der Waals surface area contributed by atoms with Crippen molar-refractivity contribution in [2.75, 3.05) is 6.54 Å². The van der Waals surface area contributed by atoms with Crippen molar-refractivity contribution < 1.29 is 43.2 Å². The molecular weight excluding hydrogens is 524 g/mol. The smallest absolute Gasteiger partial charge is 0.441 e. The summed E-state index contributed by atoms with van der Waals surface area (Å²) in [4.78, 5) is 39.6. The minimum atomic E-state index is -1.42. The molecule has 0 aliphatic carbocycles. The predicted octanol–water partition coefficient (Wildman–Crippen LogP) is 2.24. The zero-order valence-electron chi connectivity index (χ0n) is 24.2. The van der Waals surface area contributed by atoms with E-state index >= 15 is 0 Å². The van der Waals surface area contributed by atoms with Crippen molar-refractivity contribution in [2.24, 2.45) is 11.8 Å². The van der Waals surface area contributed by atoms with Crippen LogP contribution in [0.25, 0.3) is 0 Å². The van der Waals surface area contributed by atoms with E-state index in [1.54, 1.807) is 0 Å². The van der Waals surface area contributed by atoms with Gasteiger partial charge in [0.25, 0.3) is 0 Å². The summed E-state index contributed by atoms with van der Waals surface area (Å²) in [5, 5.41) is 34.7. The Labute approximate surface area is 235 Å². The lowest BCUT2D eigenvalue weighted by atomic mass is 9.85. The number of hydrogen-bond acceptors (Lipinski definition) is 10. The number of ether oxygens (including phenoxy) is 2. The molecule has 12 nitrogen and oxygen atoms in total. The highest BCUT2D eigenvalue weighted by molar-refractivity contribution is 5.86. The van der Waals surface area contributed by atoms with E-state index in [1.165, 1.54) is 11.8 Å². The second-order valence-corrected chi connectivity index (χ2v) is 11.4. The summed E-state index contributed by atoms with van der Waals surface area (Å²) in [6.07, 6.45) is -0.821. The molecule has 2 aliphatic rings. The number of nitrogens with one attached hydrogen (secondary N) is 1. The van der Waals surface area contributed by atoms with E-state index in [9.17, 15) is 29.7 Å². The fourth-order valence-electron chi connectivity index (χ4n) is 5.67. The fourth-order valence-corrected chi connectivity index (χ4v) is 5.67. The van der Waals surface area contributed by atoms with Crippen LogP contribution in [-0.2, 0) is 20.9 Å². The van der Waals surface area contributed by atoms with Gasteiger partial charge >= 0.3 is 11.9 Å². The predicted molar refractivity (Wildman–Crippen MR) is 143 cm³/mol. The minimum Gasteiger partial charge on any atom is -0.441 e. The van der Waals surface area contributed by atoms with Gasteiger partial charge in [0.15, 0.2) is 18.1 Å². The van der Waals surface area contributed by atoms with Gasteiger partial charge in [-0.05, 0) is 38.0 Å². The summed E-state index contributed by atoms with van der Waals surface area (Å²) in [5.41, 5.74) is 0. The van der Waals surface area contributed by atoms with E-state index < -0.39 is 60.4 Å². The van der Waals surface area contributed by atoms with Crippen molar-refractivity contribution >= 4 is 12.0 Å². The fraction of sp³-hybridized carbons (Fsp3) is 0.821. The van der Waals surface area contributed by atoms with Gasteiger partial charge in [-0.1, -0.05) is 53.4 Å². The molecule has 0 bridgehead atoms. The molecule has 0 saturated carbocycles. The van der Waals surface area contributed by atoms with E-state index in [0.717, 1.165) is 25.7 Å². The molecule has 1 aromatic heterocycles. The third kappa shape index (κ3) is 7.65. The standard InChI is InChI=1S/C28H46N2O10/c1-6-8-9-11-17-12-18(30(13-17)27(35)37-14-20-16(5)38-28(36)40-20)26(34)29-21(15(3)4)25-24(33)23(32)22(31)19(39-25)10-7-2/h15,17-19,21-25,31-33H,6-14H2,1-5H3,(H,29,34). The zero-order valence-corrected chi connectivity index (χ0v) is 24.2. The molecule has 3 rings (SSSR count). The van der Waals surface area contributed by atoms with Crippen molar-refractivity contribution in [1.29, 1.82) is 0 Å². The number of carbonyl (C=O) groups excluding carboxylic acids is 2. The van der Waals surface area contributed by atoms with Crippen LogP contribution in [0.4, 0.5) is 4.79 Å². The van der Waals surface area contributed by atoms with Crippen molar-refractivity contribution in [1.82, 2.24) is 10.2 Å². The maximum absolute atomic E-state index is 13.7. The van der Waals surface area contributed by atoms with Crippen LogP contribution in [0.2, 0.25) is 0 Å². The van der Waals surface area contributed by atoms with Crippen LogP contribution in [0.15, 0.2) is 13.6 Å². The summed E-state index contributed by atoms with van der Waals surface area (Å²) in [7, 11) is 0. The molecule has 2 saturated heterocycles. The monoisotopic (exact) mass is 570 g/mol. The van der Waals surface area contributed by atoms with E-state index in [-0.39, 0.29) is 30.0 Å². The Morgan fingerprint density at radius 1 is 1.05 bits per heavy atom. The van der Waals surface area contributed by atoms with Crippen LogP contribution in [0.5, 0.6) is 0 Å². The van der Waals surface area contributed by atoms with Crippen LogP contribution >= 0.6 is 0 Å². The summed E-state index contributed by atoms with van der Waals surface area (Å²) in [6.45, 7) is 9.32. The number of likely N-dealkylation sites (tertiary alicyclic amines) is 1. The van der Waals surface area contributed by atoms with Gasteiger partial charge in [-0.15, -0.1) is 0 Å². The number of aryl methyl sites for hydroxylation is 1. The Bertz CT molecular complexity index is 1020. The number of rotatable bonds is 12. The Morgan fingerprint density at radius 3 is 2.38 bits per heavy atom. The van der Waals surface area contributed by atoms with Crippen LogP contribution < -0.4 is 11.1 Å². The Hall–Kier alpha value is -2.41. The number of hydrogen-bond donors (Lipinski definition) is 4. The summed E-state index contributed by atoms with van der Waals surface area (Å²) in [5.74, 6) is -1.08. The van der Waals surface area contributed by atoms with Gasteiger partial charge < -0.3 is 38.9 Å². The number of carbonyl (C=O) groups is 2. The van der Waals surface area contributed by atoms with Gasteiger partial charge in [-0.2, -0.15) is 0 Å². The second kappa shape index (κ2) is 14.5. The maximum atomic E-state index is 13.7. The number of unbranched alkanes of at least 4 members (excludes halogenated alkanes) is 2. The van der Waals surface area contributed by atoms with E-state index in [1.807, 2.05) is 20.8 Å². The first kappa shape index (κ1) is 32.1. The number of nitrogens with zero attached hydrogens (tertiary/aromatic N) is 1. The Balaban J connectivity index is 1.76. The highest BCUT2D eigenvalue weighted by atomic mass is 16.6. The van der Waals surface area contributed by atoms with Gasteiger partial charge in [-0.25, -0.2) is 9.59 Å². The molecule has 1 aromatic rings. The Kier molecular flexibility index (Phi) is 11.6. The molecule has 0 aromatic carbocycles. The van der Waals surface area contributed by atoms with Crippen molar-refractivity contribution in [3.63, 3.8) is 0 Å². The minimum absolute atomic E-state index is 0.100. The summed E-state index contributed by atoms with van der Waals surface area (Å²) >= 11 is 0. The Morgan fingerprint density at radius 2 is 1.77 bits per heavy atom. The van der Waals surface area contributed by atoms with E-state index in [2.05, 4.69) is 12.2 Å². The molecule has 2 amide bonds. The quantitative estimate of drug-likeness (QED) is 0.273. The number of aliphatic hydroxyl groups is 3. The average molecular weight is 571 g/mol. The second-order valence-electron chi connectivity index (χ2n) is 11.4. The summed E-state index contributed by atoms with van der Waals surface area (Å²) < 4.78 is 21.2. The SMILES string of the molecule is CCCCCC1CC(C(=O)NC(C(C)C)C2OC(CCC)C(O)C(O)C2O)N(C(=O)OCc2oc(=O)oc2C)C1. The lowest BCUT2D eigenvalue weighted by Crippen LogP contribution is -2.65. The molecule has 4 N–H and O–H groups in total. The van der Waals surface area contributed by atoms with Crippen molar-refractivity contribution in [3.05, 3.63) is 22.1 Å². The molecular formula is C28H46N2O10. The first-order valence-corrected chi connectivity index (χ1v) is 14.5. The molecule has 2 aliphatic heterocycles. The van der Waals surface area contributed by atoms with Crippen LogP contribution in [0.1, 0.15) is 84.2 Å². The first-order valence-electron chi connectivity index (χ1n) is 14.5. The van der Waals surface area contributed by atoms with Crippen molar-refractivity contribution in [2.45, 2.75) is 129 Å². The van der Waals surface area contributed by atoms with Gasteiger partial charge in [0.2, 0.25) is 5.91 Å². The zero-order chi connectivity index (χ0) is 29.6. The highest BCUT2D eigenvalue weighted by Crippen LogP contribution is 2.31. The van der Waals surface area contributed by atoms with Gasteiger partial charge in [0.1, 0.15) is 30.5 Å². The molecule has 12 heteroatoms. The first-order chi connectivity index (χ1) is 19.0. The third-order valence-electron chi connectivity index (χ3n) is 8.01. The summed E-state index contributed by atoms with van der Waals surface area (Å²) in [6, 6.07) is -1.51. The topological polar surface area (TPSA) is 172 Å². The molecule has 0 radical (unpaired) electrons. The molecule has 40 heavy (non-hydrogen) atoms. The molecule has 228 valence electrons. The van der Waals surface area contributed by atoms with E-state index in [0.29, 0.717) is 25.8 Å². The molecule has 2 fully saturated rings. The van der Waals surface area contributed by atoms with Gasteiger partial charge in [-0.3, -0.25) is 9.69 Å². The lowest BCUT2D eigenvalue weighted by molar-refractivity contribution is -0.232.